The van der Waals surface area contributed by atoms with Crippen LogP contribution in [0.2, 0.25) is 0 Å². The molecule has 3 heterocycles. The number of nitrogens with one attached hydrogen (secondary N) is 2. The van der Waals surface area contributed by atoms with Crippen LogP contribution < -0.4 is 22.1 Å². The van der Waals surface area contributed by atoms with E-state index in [1.807, 2.05) is 60.6 Å². The van der Waals surface area contributed by atoms with Crippen LogP contribution >= 0.6 is 0 Å². The lowest BCUT2D eigenvalue weighted by atomic mass is 9.76. The first-order chi connectivity index (χ1) is 27.5. The molecular formula is C43H53F3N10O2. The number of amides is 2. The van der Waals surface area contributed by atoms with Gasteiger partial charge in [-0.1, -0.05) is 43.3 Å². The van der Waals surface area contributed by atoms with Crippen LogP contribution in [0.1, 0.15) is 74.9 Å². The summed E-state index contributed by atoms with van der Waals surface area (Å²) in [5, 5.41) is 9.83. The van der Waals surface area contributed by atoms with Crippen LogP contribution in [0.25, 0.3) is 16.8 Å². The fourth-order valence-electron chi connectivity index (χ4n) is 7.65. The number of hydrogen-bond donors (Lipinski definition) is 4. The number of nitrogens with zero attached hydrogens (tertiary/aromatic N) is 6. The average Bonchev–Trinajstić information content (AvgIpc) is 3.84. The number of halogens is 3. The Morgan fingerprint density at radius 2 is 1.84 bits per heavy atom. The van der Waals surface area contributed by atoms with Crippen molar-refractivity contribution in [1.29, 1.82) is 0 Å². The minimum Gasteiger partial charge on any atom is -0.397 e. The average molecular weight is 799 g/mol. The van der Waals surface area contributed by atoms with E-state index >= 15 is 0 Å². The summed E-state index contributed by atoms with van der Waals surface area (Å²) in [7, 11) is 3.59. The van der Waals surface area contributed by atoms with Crippen molar-refractivity contribution in [2.24, 2.45) is 33.5 Å². The number of alkyl halides is 3. The first-order valence-corrected chi connectivity index (χ1v) is 19.6. The summed E-state index contributed by atoms with van der Waals surface area (Å²) in [6.45, 7) is 6.78. The molecule has 3 aliphatic rings. The molecule has 12 nitrogen and oxygen atoms in total. The zero-order chi connectivity index (χ0) is 41.8. The molecule has 0 spiro atoms. The summed E-state index contributed by atoms with van der Waals surface area (Å²) in [6.07, 6.45) is 10.5. The molecule has 308 valence electrons. The normalized spacial score (nSPS) is 21.6. The number of allylic oxidation sites excluding steroid dienone is 2. The number of rotatable bonds is 15. The number of pyridine rings is 1. The number of aliphatic imine (C=N–C) groups is 2. The fourth-order valence-corrected chi connectivity index (χ4v) is 7.65. The number of anilines is 1. The summed E-state index contributed by atoms with van der Waals surface area (Å²) >= 11 is 0. The van der Waals surface area contributed by atoms with E-state index in [1.165, 1.54) is 12.3 Å². The number of nitrogens with two attached hydrogens (primary N) is 2. The zero-order valence-electron chi connectivity index (χ0n) is 33.6. The standard InChI is InChI=1S/C43H53F3N10O2/c1-26-15-28(16-26)21-50-13-12-35(47)37-20-38(43(44,45)46)54-56(37)25-42(2,3)53-41(58)36(17-27-7-6-14-55(5)24-27)52-40(57)34-19-33(34)30-10-8-29(9-11-30)31-18-32(22-49-4)39(48)51-23-31/h6-13,18,20,22-24,26,28,33-34,36H,14-17,19,21,25,47H2,1-5H3,(H2,48,51)(H,52,57)(H,53,58)/b35-12-,49-22?,50-13?. The molecular weight excluding hydrogens is 746 g/mol. The third-order valence-corrected chi connectivity index (χ3v) is 10.8. The lowest BCUT2D eigenvalue weighted by Crippen LogP contribution is -2.55. The van der Waals surface area contributed by atoms with Crippen molar-refractivity contribution in [2.45, 2.75) is 76.7 Å². The Hall–Kier alpha value is -5.73. The molecule has 6 rings (SSSR count). The van der Waals surface area contributed by atoms with Crippen molar-refractivity contribution in [3.8, 4) is 11.1 Å². The predicted molar refractivity (Wildman–Crippen MR) is 222 cm³/mol. The largest absolute Gasteiger partial charge is 0.435 e. The predicted octanol–water partition coefficient (Wildman–Crippen LogP) is 5.97. The SMILES string of the molecule is CN=Cc1cc(-c2ccc(C3CC3C(=O)NC(CC3=CN(C)CC=C3)C(=O)NC(C)(C)Cn3nc(C(F)(F)F)cc3/C(N)=C/C=NCC3CC(C)C3)cc2)cnc1N. The maximum absolute atomic E-state index is 14.1. The smallest absolute Gasteiger partial charge is 0.397 e. The van der Waals surface area contributed by atoms with E-state index in [0.717, 1.165) is 51.4 Å². The Morgan fingerprint density at radius 1 is 1.10 bits per heavy atom. The molecule has 3 unspecified atom stereocenters. The zero-order valence-corrected chi connectivity index (χ0v) is 33.6. The molecule has 2 fully saturated rings. The maximum Gasteiger partial charge on any atom is 0.435 e. The van der Waals surface area contributed by atoms with Crippen molar-refractivity contribution in [2.75, 3.05) is 32.9 Å². The quantitative estimate of drug-likeness (QED) is 0.137. The number of benzene rings is 1. The van der Waals surface area contributed by atoms with E-state index in [4.69, 9.17) is 11.5 Å². The second kappa shape index (κ2) is 17.4. The Kier molecular flexibility index (Phi) is 12.6. The molecule has 2 aliphatic carbocycles. The number of nitrogen functional groups attached to an aromatic ring is 1. The van der Waals surface area contributed by atoms with Crippen LogP contribution in [0.3, 0.4) is 0 Å². The maximum atomic E-state index is 14.1. The minimum atomic E-state index is -4.71. The Morgan fingerprint density at radius 3 is 2.52 bits per heavy atom. The lowest BCUT2D eigenvalue weighted by molar-refractivity contribution is -0.141. The Labute approximate surface area is 337 Å². The van der Waals surface area contributed by atoms with Crippen LogP contribution in [0.5, 0.6) is 0 Å². The summed E-state index contributed by atoms with van der Waals surface area (Å²) in [4.78, 5) is 42.6. The second-order valence-electron chi connectivity index (χ2n) is 16.5. The van der Waals surface area contributed by atoms with Crippen LogP contribution in [-0.4, -0.2) is 82.7 Å². The molecule has 0 bridgehead atoms. The van der Waals surface area contributed by atoms with E-state index in [9.17, 15) is 22.8 Å². The van der Waals surface area contributed by atoms with Crippen LogP contribution in [0, 0.1) is 17.8 Å². The number of hydrogen-bond acceptors (Lipinski definition) is 9. The van der Waals surface area contributed by atoms with Gasteiger partial charge < -0.3 is 27.0 Å². The highest BCUT2D eigenvalue weighted by molar-refractivity contribution is 5.91. The van der Waals surface area contributed by atoms with Crippen LogP contribution in [0.4, 0.5) is 19.0 Å². The van der Waals surface area contributed by atoms with Gasteiger partial charge in [-0.15, -0.1) is 0 Å². The van der Waals surface area contributed by atoms with Gasteiger partial charge in [0, 0.05) is 75.5 Å². The van der Waals surface area contributed by atoms with Gasteiger partial charge in [-0.05, 0) is 85.8 Å². The molecule has 3 aromatic rings. The monoisotopic (exact) mass is 798 g/mol. The summed E-state index contributed by atoms with van der Waals surface area (Å²) in [5.74, 6) is 0.512. The van der Waals surface area contributed by atoms with Crippen molar-refractivity contribution in [3.05, 3.63) is 95.1 Å². The Balaban J connectivity index is 1.14. The highest BCUT2D eigenvalue weighted by Crippen LogP contribution is 2.48. The van der Waals surface area contributed by atoms with Crippen molar-refractivity contribution in [3.63, 3.8) is 0 Å². The van der Waals surface area contributed by atoms with Crippen molar-refractivity contribution >= 4 is 35.8 Å². The van der Waals surface area contributed by atoms with Crippen LogP contribution in [0.15, 0.2) is 82.6 Å². The second-order valence-corrected chi connectivity index (χ2v) is 16.5. The van der Waals surface area contributed by atoms with E-state index in [1.54, 1.807) is 33.3 Å². The topological polar surface area (TPSA) is 169 Å². The molecule has 3 atom stereocenters. The van der Waals surface area contributed by atoms with Gasteiger partial charge in [0.05, 0.1) is 23.5 Å². The first-order valence-electron chi connectivity index (χ1n) is 19.6. The van der Waals surface area contributed by atoms with E-state index in [-0.39, 0.29) is 42.1 Å². The van der Waals surface area contributed by atoms with Gasteiger partial charge in [0.15, 0.2) is 5.69 Å². The number of carbonyl (C=O) groups excluding carboxylic acids is 2. The molecule has 2 amide bonds. The molecule has 6 N–H and O–H groups in total. The fraction of sp³-hybridized carbons (Fsp3) is 0.442. The molecule has 0 saturated heterocycles. The molecule has 1 aromatic carbocycles. The van der Waals surface area contributed by atoms with Gasteiger partial charge in [0.2, 0.25) is 11.8 Å². The molecule has 58 heavy (non-hydrogen) atoms. The lowest BCUT2D eigenvalue weighted by Gasteiger charge is -2.31. The van der Waals surface area contributed by atoms with Gasteiger partial charge >= 0.3 is 6.18 Å². The summed E-state index contributed by atoms with van der Waals surface area (Å²) in [5.41, 5.74) is 14.6. The third kappa shape index (κ3) is 10.6. The molecule has 0 radical (unpaired) electrons. The van der Waals surface area contributed by atoms with Gasteiger partial charge in [0.25, 0.3) is 0 Å². The number of carbonyl (C=O) groups is 2. The van der Waals surface area contributed by atoms with Gasteiger partial charge in [-0.2, -0.15) is 18.3 Å². The van der Waals surface area contributed by atoms with E-state index in [0.29, 0.717) is 37.2 Å². The van der Waals surface area contributed by atoms with Crippen molar-refractivity contribution < 1.29 is 22.8 Å². The third-order valence-electron chi connectivity index (χ3n) is 10.8. The van der Waals surface area contributed by atoms with Gasteiger partial charge in [0.1, 0.15) is 11.9 Å². The number of aromatic nitrogens is 3. The Bertz CT molecular complexity index is 2130. The molecule has 2 saturated carbocycles. The highest BCUT2D eigenvalue weighted by atomic mass is 19.4. The van der Waals surface area contributed by atoms with E-state index < -0.39 is 29.4 Å². The minimum absolute atomic E-state index is 0.0204. The summed E-state index contributed by atoms with van der Waals surface area (Å²) in [6, 6.07) is 9.82. The van der Waals surface area contributed by atoms with Crippen molar-refractivity contribution in [1.82, 2.24) is 30.3 Å². The van der Waals surface area contributed by atoms with Crippen LogP contribution in [-0.2, 0) is 22.3 Å². The number of likely N-dealkylation sites (N-methyl/N-ethyl adjacent to an activating group) is 1. The van der Waals surface area contributed by atoms with Gasteiger partial charge in [-0.25, -0.2) is 4.98 Å². The van der Waals surface area contributed by atoms with Gasteiger partial charge in [-0.3, -0.25) is 24.3 Å². The first kappa shape index (κ1) is 41.9. The highest BCUT2D eigenvalue weighted by Gasteiger charge is 2.45. The molecule has 1 aliphatic heterocycles. The summed E-state index contributed by atoms with van der Waals surface area (Å²) < 4.78 is 42.8. The molecule has 2 aromatic heterocycles. The molecule has 15 heteroatoms. The van der Waals surface area contributed by atoms with E-state index in [2.05, 4.69) is 37.6 Å².